The summed E-state index contributed by atoms with van der Waals surface area (Å²) in [6, 6.07) is 0. The van der Waals surface area contributed by atoms with Crippen molar-refractivity contribution in [2.45, 2.75) is 32.1 Å². The molecule has 0 radical (unpaired) electrons. The van der Waals surface area contributed by atoms with E-state index in [2.05, 4.69) is 29.2 Å². The van der Waals surface area contributed by atoms with Crippen molar-refractivity contribution in [1.29, 1.82) is 0 Å². The van der Waals surface area contributed by atoms with Crippen LogP contribution >= 0.6 is 22.6 Å². The molecule has 0 aromatic carbocycles. The first-order valence-electron chi connectivity index (χ1n) is 3.58. The highest BCUT2D eigenvalue weighted by Crippen LogP contribution is 2.04. The van der Waals surface area contributed by atoms with E-state index in [0.29, 0.717) is 0 Å². The molecule has 9 heavy (non-hydrogen) atoms. The monoisotopic (exact) mass is 238 g/mol. The molecule has 0 nitrogen and oxygen atoms in total. The van der Waals surface area contributed by atoms with Gasteiger partial charge in [-0.15, -0.1) is 6.58 Å². The first kappa shape index (κ1) is 9.47. The zero-order valence-corrected chi connectivity index (χ0v) is 8.06. The van der Waals surface area contributed by atoms with Crippen LogP contribution in [0.1, 0.15) is 32.1 Å². The van der Waals surface area contributed by atoms with E-state index in [-0.39, 0.29) is 0 Å². The molecule has 0 fully saturated rings. The second kappa shape index (κ2) is 8.47. The third-order valence-electron chi connectivity index (χ3n) is 1.29. The quantitative estimate of drug-likeness (QED) is 0.287. The number of hydrogen-bond acceptors (Lipinski definition) is 0. The van der Waals surface area contributed by atoms with E-state index < -0.39 is 0 Å². The van der Waals surface area contributed by atoms with Gasteiger partial charge in [-0.25, -0.2) is 0 Å². The van der Waals surface area contributed by atoms with E-state index in [1.165, 1.54) is 36.5 Å². The summed E-state index contributed by atoms with van der Waals surface area (Å²) in [6.07, 6.45) is 8.70. The van der Waals surface area contributed by atoms with Crippen molar-refractivity contribution < 1.29 is 0 Å². The first-order valence-corrected chi connectivity index (χ1v) is 5.11. The van der Waals surface area contributed by atoms with Crippen LogP contribution in [0.25, 0.3) is 0 Å². The van der Waals surface area contributed by atoms with Gasteiger partial charge in [0.1, 0.15) is 0 Å². The fraction of sp³-hybridized carbons (Fsp3) is 0.750. The van der Waals surface area contributed by atoms with Crippen molar-refractivity contribution in [2.24, 2.45) is 0 Å². The fourth-order valence-corrected chi connectivity index (χ4v) is 1.28. The average molecular weight is 238 g/mol. The summed E-state index contributed by atoms with van der Waals surface area (Å²) < 4.78 is 1.31. The molecule has 0 amide bonds. The zero-order valence-electron chi connectivity index (χ0n) is 5.91. The summed E-state index contributed by atoms with van der Waals surface area (Å²) in [5.74, 6) is 0. The fourth-order valence-electron chi connectivity index (χ4n) is 0.737. The first-order chi connectivity index (χ1) is 4.41. The molecule has 0 atom stereocenters. The van der Waals surface area contributed by atoms with Gasteiger partial charge in [0.05, 0.1) is 0 Å². The Bertz CT molecular complexity index is 59.6. The highest BCUT2D eigenvalue weighted by atomic mass is 127. The van der Waals surface area contributed by atoms with Gasteiger partial charge in [-0.2, -0.15) is 0 Å². The van der Waals surface area contributed by atoms with Crippen molar-refractivity contribution in [3.05, 3.63) is 12.7 Å². The van der Waals surface area contributed by atoms with Gasteiger partial charge in [0.25, 0.3) is 0 Å². The number of alkyl halides is 1. The van der Waals surface area contributed by atoms with Gasteiger partial charge < -0.3 is 0 Å². The molecule has 0 unspecified atom stereocenters. The van der Waals surface area contributed by atoms with Crippen LogP contribution in [0.15, 0.2) is 12.7 Å². The third kappa shape index (κ3) is 8.47. The molecule has 1 heteroatoms. The Morgan fingerprint density at radius 3 is 2.33 bits per heavy atom. The van der Waals surface area contributed by atoms with Gasteiger partial charge in [-0.3, -0.25) is 0 Å². The average Bonchev–Trinajstić information content (AvgIpc) is 1.89. The second-order valence-corrected chi connectivity index (χ2v) is 3.26. The Morgan fingerprint density at radius 1 is 1.11 bits per heavy atom. The predicted octanol–water partition coefficient (Wildman–Crippen LogP) is 3.56. The van der Waals surface area contributed by atoms with Crippen LogP contribution in [0.4, 0.5) is 0 Å². The molecule has 0 aliphatic carbocycles. The molecule has 0 aromatic rings. The zero-order chi connectivity index (χ0) is 6.95. The SMILES string of the molecule is C=CCCCCCCI. The number of unbranched alkanes of at least 4 members (excludes halogenated alkanes) is 4. The maximum atomic E-state index is 3.68. The van der Waals surface area contributed by atoms with Crippen molar-refractivity contribution in [2.75, 3.05) is 4.43 Å². The molecule has 0 aromatic heterocycles. The summed E-state index contributed by atoms with van der Waals surface area (Å²) in [4.78, 5) is 0. The Hall–Kier alpha value is 0.470. The maximum Gasteiger partial charge on any atom is -0.000473 e. The molecular formula is C8H15I. The minimum atomic E-state index is 1.20. The lowest BCUT2D eigenvalue weighted by Gasteiger charge is -1.93. The van der Waals surface area contributed by atoms with Crippen molar-refractivity contribution in [3.8, 4) is 0 Å². The Labute approximate surface area is 71.9 Å². The Morgan fingerprint density at radius 2 is 1.78 bits per heavy atom. The molecule has 0 aliphatic rings. The molecule has 0 bridgehead atoms. The lowest BCUT2D eigenvalue weighted by atomic mass is 10.2. The number of rotatable bonds is 6. The van der Waals surface area contributed by atoms with E-state index in [9.17, 15) is 0 Å². The topological polar surface area (TPSA) is 0 Å². The normalized spacial score (nSPS) is 9.44. The number of allylic oxidation sites excluding steroid dienone is 1. The summed E-state index contributed by atoms with van der Waals surface area (Å²) in [7, 11) is 0. The van der Waals surface area contributed by atoms with E-state index in [0.717, 1.165) is 0 Å². The second-order valence-electron chi connectivity index (χ2n) is 2.18. The van der Waals surface area contributed by atoms with E-state index in [4.69, 9.17) is 0 Å². The summed E-state index contributed by atoms with van der Waals surface area (Å²) in [6.45, 7) is 3.68. The van der Waals surface area contributed by atoms with Gasteiger partial charge in [0, 0.05) is 0 Å². The Balaban J connectivity index is 2.66. The van der Waals surface area contributed by atoms with Gasteiger partial charge >= 0.3 is 0 Å². The highest BCUT2D eigenvalue weighted by molar-refractivity contribution is 14.1. The van der Waals surface area contributed by atoms with Gasteiger partial charge in [-0.05, 0) is 23.7 Å². The van der Waals surface area contributed by atoms with Crippen molar-refractivity contribution in [1.82, 2.24) is 0 Å². The standard InChI is InChI=1S/C8H15I/c1-2-3-4-5-6-7-8-9/h2H,1,3-8H2. The van der Waals surface area contributed by atoms with Crippen molar-refractivity contribution in [3.63, 3.8) is 0 Å². The van der Waals surface area contributed by atoms with E-state index >= 15 is 0 Å². The molecule has 0 aliphatic heterocycles. The van der Waals surface area contributed by atoms with Crippen LogP contribution in [0.2, 0.25) is 0 Å². The molecular weight excluding hydrogens is 223 g/mol. The summed E-state index contributed by atoms with van der Waals surface area (Å²) in [5.41, 5.74) is 0. The third-order valence-corrected chi connectivity index (χ3v) is 2.05. The summed E-state index contributed by atoms with van der Waals surface area (Å²) in [5, 5.41) is 0. The van der Waals surface area contributed by atoms with Crippen molar-refractivity contribution >= 4 is 22.6 Å². The van der Waals surface area contributed by atoms with Gasteiger partial charge in [-0.1, -0.05) is 41.5 Å². The molecule has 54 valence electrons. The number of hydrogen-bond donors (Lipinski definition) is 0. The minimum absolute atomic E-state index is 1.20. The van der Waals surface area contributed by atoms with Gasteiger partial charge in [0.2, 0.25) is 0 Å². The van der Waals surface area contributed by atoms with E-state index in [1.54, 1.807) is 0 Å². The van der Waals surface area contributed by atoms with Crippen LogP contribution in [0.3, 0.4) is 0 Å². The number of halogens is 1. The van der Waals surface area contributed by atoms with E-state index in [1.807, 2.05) is 6.08 Å². The predicted molar refractivity (Wildman–Crippen MR) is 52.2 cm³/mol. The van der Waals surface area contributed by atoms with Crippen LogP contribution in [-0.2, 0) is 0 Å². The minimum Gasteiger partial charge on any atom is -0.103 e. The van der Waals surface area contributed by atoms with Crippen LogP contribution in [0, 0.1) is 0 Å². The van der Waals surface area contributed by atoms with Gasteiger partial charge in [0.15, 0.2) is 0 Å². The molecule has 0 saturated carbocycles. The van der Waals surface area contributed by atoms with Crippen LogP contribution in [-0.4, -0.2) is 4.43 Å². The summed E-state index contributed by atoms with van der Waals surface area (Å²) >= 11 is 2.43. The highest BCUT2D eigenvalue weighted by Gasteiger charge is 1.85. The van der Waals surface area contributed by atoms with Crippen LogP contribution in [0.5, 0.6) is 0 Å². The molecule has 0 spiro atoms. The smallest absolute Gasteiger partial charge is 0.000473 e. The molecule has 0 heterocycles. The van der Waals surface area contributed by atoms with Crippen LogP contribution < -0.4 is 0 Å². The largest absolute Gasteiger partial charge is 0.103 e. The lowest BCUT2D eigenvalue weighted by Crippen LogP contribution is -1.76. The maximum absolute atomic E-state index is 3.68. The molecule has 0 saturated heterocycles. The lowest BCUT2D eigenvalue weighted by molar-refractivity contribution is 0.681. The Kier molecular flexibility index (Phi) is 8.91. The molecule has 0 N–H and O–H groups in total. The molecule has 0 rings (SSSR count).